The third kappa shape index (κ3) is 7.77. The van der Waals surface area contributed by atoms with Gasteiger partial charge in [-0.25, -0.2) is 9.78 Å². The molecule has 0 saturated carbocycles. The van der Waals surface area contributed by atoms with E-state index in [2.05, 4.69) is 16.9 Å². The van der Waals surface area contributed by atoms with Gasteiger partial charge in [0.15, 0.2) is 10.0 Å². The Morgan fingerprint density at radius 1 is 1.23 bits per heavy atom. The van der Waals surface area contributed by atoms with Crippen molar-refractivity contribution in [1.29, 1.82) is 0 Å². The molecule has 3 rings (SSSR count). The second-order valence-electron chi connectivity index (χ2n) is 8.39. The summed E-state index contributed by atoms with van der Waals surface area (Å²) < 4.78 is 10.1. The van der Waals surface area contributed by atoms with E-state index in [1.54, 1.807) is 23.9 Å². The largest absolute Gasteiger partial charge is 0.465 e. The standard InChI is InChI=1S/C30H34ClN4O2S.C2H6/c1-7-11-16-32-25(14-9-3)22(10-4)18-23(13-8-2)26-28(36)34-17-12-15-21(5)27(34)35(29(26)37-6)20-24-19-33-30(31)38-24;1-2/h8-19H,7,20H2,1-6H3;1-2H3/q+1;/b13-8-,14-9?,16-11-,22-10+,23-18+,32-25?;. The highest BCUT2D eigenvalue weighted by molar-refractivity contribution is 7.15. The first-order valence-electron chi connectivity index (χ1n) is 13.5. The second kappa shape index (κ2) is 16.5. The van der Waals surface area contributed by atoms with Gasteiger partial charge >= 0.3 is 11.4 Å². The van der Waals surface area contributed by atoms with E-state index in [1.165, 1.54) is 11.3 Å². The Balaban J connectivity index is 0.00000274. The van der Waals surface area contributed by atoms with Gasteiger partial charge in [0, 0.05) is 18.0 Å². The third-order valence-electron chi connectivity index (χ3n) is 5.77. The highest BCUT2D eigenvalue weighted by Crippen LogP contribution is 2.26. The number of nitrogens with zero attached hydrogens (tertiary/aromatic N) is 4. The molecule has 0 radical (unpaired) electrons. The Morgan fingerprint density at radius 3 is 2.52 bits per heavy atom. The second-order valence-corrected chi connectivity index (χ2v) is 10.1. The van der Waals surface area contributed by atoms with E-state index < -0.39 is 0 Å². The summed E-state index contributed by atoms with van der Waals surface area (Å²) in [6, 6.07) is 3.86. The van der Waals surface area contributed by atoms with E-state index in [9.17, 15) is 4.79 Å². The number of pyridine rings is 1. The predicted octanol–water partition coefficient (Wildman–Crippen LogP) is 7.94. The molecule has 0 saturated heterocycles. The van der Waals surface area contributed by atoms with Gasteiger partial charge < -0.3 is 4.74 Å². The molecule has 0 spiro atoms. The summed E-state index contributed by atoms with van der Waals surface area (Å²) >= 11 is 7.54. The molecule has 0 fully saturated rings. The van der Waals surface area contributed by atoms with Crippen LogP contribution in [0.3, 0.4) is 0 Å². The van der Waals surface area contributed by atoms with Gasteiger partial charge in [-0.3, -0.25) is 4.99 Å². The molecule has 40 heavy (non-hydrogen) atoms. The number of thiazole rings is 1. The summed E-state index contributed by atoms with van der Waals surface area (Å²) in [7, 11) is 1.59. The molecule has 0 aliphatic heterocycles. The lowest BCUT2D eigenvalue weighted by atomic mass is 10.0. The number of hydrogen-bond donors (Lipinski definition) is 0. The van der Waals surface area contributed by atoms with Crippen LogP contribution in [0.5, 0.6) is 5.88 Å². The van der Waals surface area contributed by atoms with Crippen LogP contribution in [-0.4, -0.2) is 22.2 Å². The molecule has 3 aromatic rings. The molecule has 3 aromatic heterocycles. The summed E-state index contributed by atoms with van der Waals surface area (Å²) in [5, 5.41) is 0. The Kier molecular flexibility index (Phi) is 13.5. The minimum absolute atomic E-state index is 0.172. The SMILES string of the molecule is CC.CC=CC(=N/C=C\CC)C(=C/C)/C=C(\C=C/C)c1c(OC)[n+](Cc2cnc(Cl)s2)c2c(C)cccn2c1=O. The van der Waals surface area contributed by atoms with Crippen molar-refractivity contribution < 1.29 is 9.30 Å². The molecule has 0 aliphatic rings. The van der Waals surface area contributed by atoms with E-state index in [4.69, 9.17) is 16.3 Å². The molecular formula is C32H40ClN4O2S+. The van der Waals surface area contributed by atoms with Gasteiger partial charge in [0.05, 0.1) is 23.9 Å². The monoisotopic (exact) mass is 579 g/mol. The number of aryl methyl sites for hydroxylation is 1. The normalized spacial score (nSPS) is 13.1. The fourth-order valence-electron chi connectivity index (χ4n) is 4.14. The summed E-state index contributed by atoms with van der Waals surface area (Å²) in [6.45, 7) is 14.3. The molecule has 0 N–H and O–H groups in total. The zero-order valence-corrected chi connectivity index (χ0v) is 26.3. The van der Waals surface area contributed by atoms with Crippen LogP contribution in [0.15, 0.2) is 88.6 Å². The molecule has 3 heterocycles. The van der Waals surface area contributed by atoms with Crippen LogP contribution in [0.4, 0.5) is 0 Å². The predicted molar refractivity (Wildman–Crippen MR) is 171 cm³/mol. The smallest absolute Gasteiger partial charge is 0.354 e. The van der Waals surface area contributed by atoms with E-state index in [0.29, 0.717) is 28.0 Å². The van der Waals surface area contributed by atoms with Gasteiger partial charge in [-0.2, -0.15) is 8.97 Å². The molecule has 212 valence electrons. The van der Waals surface area contributed by atoms with Crippen molar-refractivity contribution in [1.82, 2.24) is 9.38 Å². The number of allylic oxidation sites excluding steroid dienone is 9. The van der Waals surface area contributed by atoms with Crippen molar-refractivity contribution in [2.75, 3.05) is 7.11 Å². The molecule has 0 amide bonds. The van der Waals surface area contributed by atoms with Crippen LogP contribution in [0.2, 0.25) is 4.47 Å². The highest BCUT2D eigenvalue weighted by atomic mass is 35.5. The number of methoxy groups -OCH3 is 1. The lowest BCUT2D eigenvalue weighted by Crippen LogP contribution is -2.44. The first-order chi connectivity index (χ1) is 19.4. The molecule has 6 nitrogen and oxygen atoms in total. The quantitative estimate of drug-likeness (QED) is 0.139. The van der Waals surface area contributed by atoms with Crippen molar-refractivity contribution in [2.45, 2.75) is 61.4 Å². The van der Waals surface area contributed by atoms with Crippen LogP contribution in [-0.2, 0) is 6.54 Å². The van der Waals surface area contributed by atoms with Crippen molar-refractivity contribution in [2.24, 2.45) is 4.99 Å². The summed E-state index contributed by atoms with van der Waals surface area (Å²) in [4.78, 5) is 23.9. The minimum atomic E-state index is -0.172. The topological polar surface area (TPSA) is 59.8 Å². The Labute approximate surface area is 247 Å². The van der Waals surface area contributed by atoms with E-state index >= 15 is 0 Å². The van der Waals surface area contributed by atoms with Crippen molar-refractivity contribution in [3.8, 4) is 5.88 Å². The maximum atomic E-state index is 14.1. The molecule has 0 atom stereocenters. The lowest BCUT2D eigenvalue weighted by Gasteiger charge is -2.14. The fraction of sp³-hybridized carbons (Fsp3) is 0.312. The van der Waals surface area contributed by atoms with E-state index in [1.807, 2.05) is 107 Å². The molecule has 0 bridgehead atoms. The van der Waals surface area contributed by atoms with Gasteiger partial charge in [-0.15, -0.1) is 11.3 Å². The summed E-state index contributed by atoms with van der Waals surface area (Å²) in [6.07, 6.45) is 20.0. The molecule has 0 aliphatic carbocycles. The Morgan fingerprint density at radius 2 is 1.95 bits per heavy atom. The Hall–Kier alpha value is -3.55. The molecule has 8 heteroatoms. The van der Waals surface area contributed by atoms with Crippen LogP contribution in [0.1, 0.15) is 64.0 Å². The first-order valence-corrected chi connectivity index (χ1v) is 14.7. The number of hydrogen-bond acceptors (Lipinski definition) is 5. The van der Waals surface area contributed by atoms with Gasteiger partial charge in [0.1, 0.15) is 6.54 Å². The van der Waals surface area contributed by atoms with Crippen LogP contribution in [0.25, 0.3) is 11.2 Å². The van der Waals surface area contributed by atoms with Crippen molar-refractivity contribution in [3.05, 3.63) is 110 Å². The maximum Gasteiger partial charge on any atom is 0.354 e. The molecule has 0 unspecified atom stereocenters. The summed E-state index contributed by atoms with van der Waals surface area (Å²) in [5.41, 5.74) is 4.36. The van der Waals surface area contributed by atoms with E-state index in [0.717, 1.165) is 33.8 Å². The van der Waals surface area contributed by atoms with Crippen LogP contribution >= 0.6 is 22.9 Å². The maximum absolute atomic E-state index is 14.1. The first kappa shape index (κ1) is 32.7. The average Bonchev–Trinajstić information content (AvgIpc) is 3.37. The van der Waals surface area contributed by atoms with Gasteiger partial charge in [0.25, 0.3) is 5.65 Å². The van der Waals surface area contributed by atoms with Crippen LogP contribution in [0, 0.1) is 6.92 Å². The molecular weight excluding hydrogens is 540 g/mol. The zero-order valence-electron chi connectivity index (χ0n) is 24.7. The van der Waals surface area contributed by atoms with Gasteiger partial charge in [0.2, 0.25) is 0 Å². The average molecular weight is 580 g/mol. The van der Waals surface area contributed by atoms with Crippen molar-refractivity contribution >= 4 is 39.9 Å². The van der Waals surface area contributed by atoms with E-state index in [-0.39, 0.29) is 5.56 Å². The number of aromatic nitrogens is 3. The lowest BCUT2D eigenvalue weighted by molar-refractivity contribution is -0.671. The number of halogens is 1. The highest BCUT2D eigenvalue weighted by Gasteiger charge is 2.28. The molecule has 0 aromatic carbocycles. The van der Waals surface area contributed by atoms with Crippen molar-refractivity contribution in [3.63, 3.8) is 0 Å². The number of fused-ring (bicyclic) bond motifs is 1. The minimum Gasteiger partial charge on any atom is -0.465 e. The summed E-state index contributed by atoms with van der Waals surface area (Å²) in [5.74, 6) is 0.462. The van der Waals surface area contributed by atoms with Gasteiger partial charge in [-0.05, 0) is 69.5 Å². The third-order valence-corrected chi connectivity index (χ3v) is 6.87. The number of ether oxygens (including phenoxy) is 1. The van der Waals surface area contributed by atoms with Crippen LogP contribution < -0.4 is 14.9 Å². The zero-order chi connectivity index (χ0) is 29.7. The number of rotatable bonds is 10. The number of aliphatic imine (C=N–C) groups is 1. The Bertz CT molecular complexity index is 1540. The fourth-order valence-corrected chi connectivity index (χ4v) is 5.11. The van der Waals surface area contributed by atoms with Gasteiger partial charge in [-0.1, -0.05) is 62.8 Å².